The predicted octanol–water partition coefficient (Wildman–Crippen LogP) is 0.994. The third kappa shape index (κ3) is 2.99. The van der Waals surface area contributed by atoms with E-state index in [1.54, 1.807) is 0 Å². The van der Waals surface area contributed by atoms with E-state index in [1.165, 1.54) is 0 Å². The van der Waals surface area contributed by atoms with Gasteiger partial charge in [0.1, 0.15) is 0 Å². The van der Waals surface area contributed by atoms with Gasteiger partial charge in [-0.2, -0.15) is 0 Å². The first-order valence-electron chi connectivity index (χ1n) is 6.84. The molecule has 0 aliphatic carbocycles. The van der Waals surface area contributed by atoms with E-state index in [0.717, 1.165) is 52.1 Å². The normalized spacial score (nSPS) is 41.1. The van der Waals surface area contributed by atoms with Gasteiger partial charge in [-0.1, -0.05) is 0 Å². The van der Waals surface area contributed by atoms with Crippen LogP contribution >= 0.6 is 0 Å². The highest BCUT2D eigenvalue weighted by atomic mass is 16.5. The molecule has 4 heteroatoms. The zero-order valence-corrected chi connectivity index (χ0v) is 11.2. The van der Waals surface area contributed by atoms with Crippen LogP contribution in [0.3, 0.4) is 0 Å². The lowest BCUT2D eigenvalue weighted by molar-refractivity contribution is -0.104. The molecule has 3 atom stereocenters. The fourth-order valence-corrected chi connectivity index (χ4v) is 3.21. The maximum absolute atomic E-state index is 6.09. The van der Waals surface area contributed by atoms with E-state index < -0.39 is 0 Å². The molecule has 17 heavy (non-hydrogen) atoms. The third-order valence-corrected chi connectivity index (χ3v) is 4.11. The van der Waals surface area contributed by atoms with Crippen molar-refractivity contribution >= 4 is 0 Å². The van der Waals surface area contributed by atoms with E-state index in [1.807, 2.05) is 0 Å². The lowest BCUT2D eigenvalue weighted by Gasteiger charge is -2.48. The molecule has 4 nitrogen and oxygen atoms in total. The minimum absolute atomic E-state index is 0.142. The van der Waals surface area contributed by atoms with Crippen molar-refractivity contribution in [3.8, 4) is 0 Å². The lowest BCUT2D eigenvalue weighted by Crippen LogP contribution is -2.60. The smallest absolute Gasteiger partial charge is 0.0678 e. The molecule has 2 saturated heterocycles. The molecular weight excluding hydrogens is 216 g/mol. The van der Waals surface area contributed by atoms with Gasteiger partial charge in [-0.3, -0.25) is 4.90 Å². The van der Waals surface area contributed by atoms with Crippen molar-refractivity contribution in [2.75, 3.05) is 32.8 Å². The molecule has 0 aromatic heterocycles. The van der Waals surface area contributed by atoms with Gasteiger partial charge in [0.25, 0.3) is 0 Å². The van der Waals surface area contributed by atoms with Crippen molar-refractivity contribution in [1.82, 2.24) is 4.90 Å². The Morgan fingerprint density at radius 3 is 2.53 bits per heavy atom. The summed E-state index contributed by atoms with van der Waals surface area (Å²) < 4.78 is 11.4. The topological polar surface area (TPSA) is 47.7 Å². The minimum Gasteiger partial charge on any atom is -0.381 e. The number of ether oxygens (including phenoxy) is 2. The molecule has 0 amide bonds. The minimum atomic E-state index is 0.142. The van der Waals surface area contributed by atoms with Crippen LogP contribution in [0.15, 0.2) is 0 Å². The third-order valence-electron chi connectivity index (χ3n) is 4.11. The molecule has 0 aromatic rings. The molecule has 0 radical (unpaired) electrons. The van der Waals surface area contributed by atoms with Crippen molar-refractivity contribution in [1.29, 1.82) is 0 Å². The van der Waals surface area contributed by atoms with Crippen molar-refractivity contribution < 1.29 is 9.47 Å². The van der Waals surface area contributed by atoms with Crippen LogP contribution in [0.2, 0.25) is 0 Å². The highest BCUT2D eigenvalue weighted by molar-refractivity contribution is 4.95. The largest absolute Gasteiger partial charge is 0.381 e. The molecule has 2 N–H and O–H groups in total. The second-order valence-corrected chi connectivity index (χ2v) is 5.56. The molecular formula is C13H26N2O2. The predicted molar refractivity (Wildman–Crippen MR) is 68.0 cm³/mol. The molecule has 2 heterocycles. The van der Waals surface area contributed by atoms with E-state index in [-0.39, 0.29) is 5.54 Å². The Morgan fingerprint density at radius 1 is 1.18 bits per heavy atom. The summed E-state index contributed by atoms with van der Waals surface area (Å²) in [5.74, 6) is 0. The van der Waals surface area contributed by atoms with Gasteiger partial charge in [-0.15, -0.1) is 0 Å². The summed E-state index contributed by atoms with van der Waals surface area (Å²) in [6.07, 6.45) is 3.96. The van der Waals surface area contributed by atoms with E-state index in [4.69, 9.17) is 15.2 Å². The van der Waals surface area contributed by atoms with Crippen LogP contribution in [-0.4, -0.2) is 55.5 Å². The number of rotatable bonds is 2. The van der Waals surface area contributed by atoms with Gasteiger partial charge in [0, 0.05) is 38.4 Å². The Hall–Kier alpha value is -0.160. The van der Waals surface area contributed by atoms with E-state index >= 15 is 0 Å². The average Bonchev–Trinajstić information content (AvgIpc) is 2.53. The van der Waals surface area contributed by atoms with Crippen molar-refractivity contribution in [2.24, 2.45) is 5.73 Å². The first-order chi connectivity index (χ1) is 8.16. The van der Waals surface area contributed by atoms with Gasteiger partial charge < -0.3 is 15.2 Å². The molecule has 0 bridgehead atoms. The Bertz CT molecular complexity index is 230. The molecule has 0 saturated carbocycles. The van der Waals surface area contributed by atoms with Gasteiger partial charge in [-0.05, 0) is 33.1 Å². The van der Waals surface area contributed by atoms with Gasteiger partial charge in [0.05, 0.1) is 12.2 Å². The summed E-state index contributed by atoms with van der Waals surface area (Å²) in [5.41, 5.74) is 6.23. The van der Waals surface area contributed by atoms with Crippen molar-refractivity contribution in [2.45, 2.75) is 50.9 Å². The molecule has 2 aliphatic heterocycles. The fourth-order valence-electron chi connectivity index (χ4n) is 3.21. The zero-order valence-electron chi connectivity index (χ0n) is 11.2. The number of morpholine rings is 1. The summed E-state index contributed by atoms with van der Waals surface area (Å²) in [6, 6.07) is 0. The molecule has 3 unspecified atom stereocenters. The highest BCUT2D eigenvalue weighted by Crippen LogP contribution is 2.30. The summed E-state index contributed by atoms with van der Waals surface area (Å²) in [5, 5.41) is 0. The van der Waals surface area contributed by atoms with Crippen molar-refractivity contribution in [3.63, 3.8) is 0 Å². The fraction of sp³-hybridized carbons (Fsp3) is 1.00. The Balaban J connectivity index is 2.09. The van der Waals surface area contributed by atoms with Gasteiger partial charge in [-0.25, -0.2) is 0 Å². The van der Waals surface area contributed by atoms with E-state index in [9.17, 15) is 0 Å². The van der Waals surface area contributed by atoms with Crippen LogP contribution in [0.25, 0.3) is 0 Å². The highest BCUT2D eigenvalue weighted by Gasteiger charge is 2.39. The second kappa shape index (κ2) is 5.65. The molecule has 0 spiro atoms. The van der Waals surface area contributed by atoms with Gasteiger partial charge in [0.2, 0.25) is 0 Å². The van der Waals surface area contributed by atoms with Crippen LogP contribution < -0.4 is 5.73 Å². The molecule has 100 valence electrons. The van der Waals surface area contributed by atoms with Crippen LogP contribution in [0.1, 0.15) is 33.1 Å². The monoisotopic (exact) mass is 242 g/mol. The van der Waals surface area contributed by atoms with Crippen LogP contribution in [-0.2, 0) is 9.47 Å². The van der Waals surface area contributed by atoms with Crippen LogP contribution in [0.4, 0.5) is 0 Å². The molecule has 2 aliphatic rings. The number of nitrogens with two attached hydrogens (primary N) is 1. The van der Waals surface area contributed by atoms with Crippen molar-refractivity contribution in [3.05, 3.63) is 0 Å². The Labute approximate surface area is 104 Å². The van der Waals surface area contributed by atoms with E-state index in [2.05, 4.69) is 18.7 Å². The maximum atomic E-state index is 6.09. The first-order valence-corrected chi connectivity index (χ1v) is 6.84. The lowest BCUT2D eigenvalue weighted by atomic mass is 9.87. The number of hydrogen-bond donors (Lipinski definition) is 1. The maximum Gasteiger partial charge on any atom is 0.0678 e. The molecule has 0 aromatic carbocycles. The summed E-state index contributed by atoms with van der Waals surface area (Å²) in [4.78, 5) is 2.56. The average molecular weight is 242 g/mol. The van der Waals surface area contributed by atoms with E-state index in [0.29, 0.717) is 12.2 Å². The van der Waals surface area contributed by atoms with Crippen LogP contribution in [0.5, 0.6) is 0 Å². The standard InChI is InChI=1S/C13H26N2O2/c1-11-8-15(9-12(2)17-11)13(10-14)4-3-6-16-7-5-13/h11-12H,3-10,14H2,1-2H3. The molecule has 2 fully saturated rings. The molecule has 2 rings (SSSR count). The quantitative estimate of drug-likeness (QED) is 0.784. The van der Waals surface area contributed by atoms with Gasteiger partial charge in [0.15, 0.2) is 0 Å². The number of nitrogens with zero attached hydrogens (tertiary/aromatic N) is 1. The SMILES string of the molecule is CC1CN(C2(CN)CCCOCC2)CC(C)O1. The Morgan fingerprint density at radius 2 is 1.88 bits per heavy atom. The second-order valence-electron chi connectivity index (χ2n) is 5.56. The number of hydrogen-bond acceptors (Lipinski definition) is 4. The first kappa shape index (κ1) is 13.3. The summed E-state index contributed by atoms with van der Waals surface area (Å²) in [7, 11) is 0. The summed E-state index contributed by atoms with van der Waals surface area (Å²) >= 11 is 0. The van der Waals surface area contributed by atoms with Gasteiger partial charge >= 0.3 is 0 Å². The zero-order chi connectivity index (χ0) is 12.3. The van der Waals surface area contributed by atoms with Crippen LogP contribution in [0, 0.1) is 0 Å². The summed E-state index contributed by atoms with van der Waals surface area (Å²) in [6.45, 7) is 8.77. The Kier molecular flexibility index (Phi) is 4.42.